The topological polar surface area (TPSA) is 95.1 Å². The molecule has 0 atom stereocenters. The summed E-state index contributed by atoms with van der Waals surface area (Å²) in [6.07, 6.45) is 13.6. The summed E-state index contributed by atoms with van der Waals surface area (Å²) in [6, 6.07) is 62.2. The summed E-state index contributed by atoms with van der Waals surface area (Å²) in [5.74, 6) is 1.30. The van der Waals surface area contributed by atoms with Crippen molar-refractivity contribution in [3.05, 3.63) is 226 Å². The standard InChI is InChI=1S/2C36H41NO3/c2*1-27-14-12-19-30(22-27)33-24-32(25-34(35(33)40-26-39-3)31-20-13-15-28(2)23-31)36(38)37-21-11-6-4-5-8-16-29-17-9-7-10-18-29/h2*7,9-10,12-15,17-20,22-25H,4-6,8,11,16,21,26H2,1-3H3,(H,37,38). The van der Waals surface area contributed by atoms with E-state index in [1.165, 1.54) is 49.7 Å². The van der Waals surface area contributed by atoms with Crippen molar-refractivity contribution in [2.75, 3.05) is 40.9 Å². The molecular formula is C72H82N2O6. The zero-order chi connectivity index (χ0) is 56.3. The zero-order valence-electron chi connectivity index (χ0n) is 48.1. The third kappa shape index (κ3) is 18.7. The second kappa shape index (κ2) is 32.3. The van der Waals surface area contributed by atoms with Crippen molar-refractivity contribution in [1.82, 2.24) is 10.6 Å². The van der Waals surface area contributed by atoms with Gasteiger partial charge >= 0.3 is 0 Å². The molecule has 416 valence electrons. The lowest BCUT2D eigenvalue weighted by Gasteiger charge is -2.19. The van der Waals surface area contributed by atoms with Gasteiger partial charge in [-0.1, -0.05) is 219 Å². The first-order valence-electron chi connectivity index (χ1n) is 28.6. The molecule has 0 fully saturated rings. The minimum Gasteiger partial charge on any atom is -0.466 e. The van der Waals surface area contributed by atoms with E-state index in [1.807, 2.05) is 48.5 Å². The second-order valence-corrected chi connectivity index (χ2v) is 20.9. The first-order valence-corrected chi connectivity index (χ1v) is 28.6. The van der Waals surface area contributed by atoms with Crippen molar-refractivity contribution < 1.29 is 28.5 Å². The summed E-state index contributed by atoms with van der Waals surface area (Å²) in [5, 5.41) is 6.31. The van der Waals surface area contributed by atoms with Crippen molar-refractivity contribution in [2.45, 2.75) is 105 Å². The number of benzene rings is 8. The predicted octanol–water partition coefficient (Wildman–Crippen LogP) is 17.1. The highest BCUT2D eigenvalue weighted by Crippen LogP contribution is 2.43. The number of ether oxygens (including phenoxy) is 4. The van der Waals surface area contributed by atoms with Crippen molar-refractivity contribution in [3.8, 4) is 56.0 Å². The Morgan fingerprint density at radius 2 is 0.650 bits per heavy atom. The van der Waals surface area contributed by atoms with E-state index in [0.717, 1.165) is 105 Å². The molecule has 0 saturated heterocycles. The molecule has 0 aliphatic heterocycles. The maximum absolute atomic E-state index is 13.4. The first-order chi connectivity index (χ1) is 39.1. The fourth-order valence-electron chi connectivity index (χ4n) is 10.0. The maximum atomic E-state index is 13.4. The third-order valence-electron chi connectivity index (χ3n) is 14.2. The summed E-state index contributed by atoms with van der Waals surface area (Å²) in [4.78, 5) is 26.8. The number of hydrogen-bond donors (Lipinski definition) is 2. The lowest BCUT2D eigenvalue weighted by atomic mass is 9.93. The number of aryl methyl sites for hydroxylation is 6. The molecule has 0 radical (unpaired) electrons. The largest absolute Gasteiger partial charge is 0.466 e. The molecule has 0 aliphatic carbocycles. The Kier molecular flexibility index (Phi) is 24.2. The van der Waals surface area contributed by atoms with Crippen molar-refractivity contribution in [2.24, 2.45) is 0 Å². The fourth-order valence-corrected chi connectivity index (χ4v) is 10.0. The van der Waals surface area contributed by atoms with Gasteiger partial charge in [0.1, 0.15) is 11.5 Å². The number of rotatable bonds is 28. The maximum Gasteiger partial charge on any atom is 0.251 e. The van der Waals surface area contributed by atoms with Gasteiger partial charge in [-0.3, -0.25) is 9.59 Å². The number of nitrogens with one attached hydrogen (secondary N) is 2. The number of amides is 2. The van der Waals surface area contributed by atoms with Crippen LogP contribution in [0.15, 0.2) is 182 Å². The quantitative estimate of drug-likeness (QED) is 0.0375. The van der Waals surface area contributed by atoms with Crippen LogP contribution in [0.1, 0.15) is 118 Å². The average Bonchev–Trinajstić information content (AvgIpc) is 3.47. The molecule has 0 aliphatic rings. The third-order valence-corrected chi connectivity index (χ3v) is 14.2. The van der Waals surface area contributed by atoms with E-state index < -0.39 is 0 Å². The van der Waals surface area contributed by atoms with Crippen LogP contribution >= 0.6 is 0 Å². The molecule has 8 aromatic carbocycles. The van der Waals surface area contributed by atoms with Crippen LogP contribution in [0.5, 0.6) is 11.5 Å². The van der Waals surface area contributed by atoms with Crippen LogP contribution in [-0.2, 0) is 22.3 Å². The van der Waals surface area contributed by atoms with Crippen LogP contribution in [0.3, 0.4) is 0 Å². The van der Waals surface area contributed by atoms with Crippen LogP contribution in [0.2, 0.25) is 0 Å². The Morgan fingerprint density at radius 1 is 0.350 bits per heavy atom. The van der Waals surface area contributed by atoms with Gasteiger partial charge in [0.2, 0.25) is 0 Å². The Bertz CT molecular complexity index is 2840. The van der Waals surface area contributed by atoms with E-state index >= 15 is 0 Å². The summed E-state index contributed by atoms with van der Waals surface area (Å²) in [5.41, 5.74) is 16.2. The molecular weight excluding hydrogens is 989 g/mol. The van der Waals surface area contributed by atoms with Crippen LogP contribution in [-0.4, -0.2) is 52.7 Å². The van der Waals surface area contributed by atoms with Gasteiger partial charge in [-0.05, 0) is 124 Å². The van der Waals surface area contributed by atoms with Crippen LogP contribution in [0.4, 0.5) is 0 Å². The van der Waals surface area contributed by atoms with Crippen LogP contribution in [0.25, 0.3) is 44.5 Å². The highest BCUT2D eigenvalue weighted by Gasteiger charge is 2.21. The van der Waals surface area contributed by atoms with E-state index in [2.05, 4.69) is 172 Å². The van der Waals surface area contributed by atoms with E-state index in [-0.39, 0.29) is 25.4 Å². The molecule has 8 heteroatoms. The summed E-state index contributed by atoms with van der Waals surface area (Å²) in [6.45, 7) is 9.84. The van der Waals surface area contributed by atoms with Crippen molar-refractivity contribution in [1.29, 1.82) is 0 Å². The Balaban J connectivity index is 0.000000231. The summed E-state index contributed by atoms with van der Waals surface area (Å²) < 4.78 is 22.9. The molecule has 2 N–H and O–H groups in total. The smallest absolute Gasteiger partial charge is 0.251 e. The van der Waals surface area contributed by atoms with E-state index in [0.29, 0.717) is 35.7 Å². The van der Waals surface area contributed by atoms with Gasteiger partial charge in [0.05, 0.1) is 0 Å². The highest BCUT2D eigenvalue weighted by molar-refractivity contribution is 6.00. The Labute approximate surface area is 476 Å². The SMILES string of the molecule is COCOc1c(-c2cccc(C)c2)cc(C(=O)NCCCCCCCc2ccccc2)cc1-c1cccc(C)c1.COCOc1c(-c2cccc(C)c2)cc(C(=O)NCCCCCCCc2ccccc2)cc1-c1cccc(C)c1. The Morgan fingerprint density at radius 3 is 0.950 bits per heavy atom. The van der Waals surface area contributed by atoms with Crippen LogP contribution in [0, 0.1) is 27.7 Å². The number of carbonyl (C=O) groups is 2. The molecule has 8 rings (SSSR count). The van der Waals surface area contributed by atoms with E-state index in [9.17, 15) is 9.59 Å². The highest BCUT2D eigenvalue weighted by atomic mass is 16.7. The van der Waals surface area contributed by atoms with Gasteiger partial charge in [0.25, 0.3) is 11.8 Å². The van der Waals surface area contributed by atoms with Gasteiger partial charge in [0.15, 0.2) is 13.6 Å². The number of unbranched alkanes of at least 4 members (excludes halogenated alkanes) is 8. The average molecular weight is 1070 g/mol. The molecule has 2 amide bonds. The van der Waals surface area contributed by atoms with Crippen LogP contribution < -0.4 is 20.1 Å². The van der Waals surface area contributed by atoms with Gasteiger partial charge in [0, 0.05) is 60.7 Å². The summed E-state index contributed by atoms with van der Waals surface area (Å²) >= 11 is 0. The van der Waals surface area contributed by atoms with Gasteiger partial charge < -0.3 is 29.6 Å². The molecule has 0 saturated carbocycles. The molecule has 80 heavy (non-hydrogen) atoms. The van der Waals surface area contributed by atoms with E-state index in [4.69, 9.17) is 18.9 Å². The van der Waals surface area contributed by atoms with Gasteiger partial charge in [-0.2, -0.15) is 0 Å². The lowest BCUT2D eigenvalue weighted by Crippen LogP contribution is -2.24. The second-order valence-electron chi connectivity index (χ2n) is 20.9. The number of methoxy groups -OCH3 is 2. The molecule has 8 aromatic rings. The minimum absolute atomic E-state index is 0.0647. The van der Waals surface area contributed by atoms with Crippen molar-refractivity contribution >= 4 is 11.8 Å². The van der Waals surface area contributed by atoms with Gasteiger partial charge in [-0.25, -0.2) is 0 Å². The Hall–Kier alpha value is -7.78. The molecule has 0 aromatic heterocycles. The molecule has 0 spiro atoms. The fraction of sp³-hybridized carbons (Fsp3) is 0.306. The van der Waals surface area contributed by atoms with Crippen molar-refractivity contribution in [3.63, 3.8) is 0 Å². The molecule has 0 bridgehead atoms. The normalized spacial score (nSPS) is 10.9. The van der Waals surface area contributed by atoms with E-state index in [1.54, 1.807) is 14.2 Å². The lowest BCUT2D eigenvalue weighted by molar-refractivity contribution is 0.0517. The zero-order valence-corrected chi connectivity index (χ0v) is 48.1. The monoisotopic (exact) mass is 1070 g/mol. The van der Waals surface area contributed by atoms with Gasteiger partial charge in [-0.15, -0.1) is 0 Å². The summed E-state index contributed by atoms with van der Waals surface area (Å²) in [7, 11) is 3.23. The molecule has 0 heterocycles. The molecule has 8 nitrogen and oxygen atoms in total. The number of hydrogen-bond acceptors (Lipinski definition) is 6. The first kappa shape index (κ1) is 59.9. The molecule has 0 unspecified atom stereocenters. The predicted molar refractivity (Wildman–Crippen MR) is 330 cm³/mol. The minimum atomic E-state index is -0.0647. The number of carbonyl (C=O) groups excluding carboxylic acids is 2.